The Hall–Kier alpha value is -1.91. The van der Waals surface area contributed by atoms with Crippen molar-refractivity contribution < 1.29 is 14.0 Å². The first kappa shape index (κ1) is 11.2. The first-order valence-corrected chi connectivity index (χ1v) is 4.30. The number of carbonyl (C=O) groups is 2. The molecule has 1 rings (SSSR count). The van der Waals surface area contributed by atoms with E-state index in [1.165, 1.54) is 31.3 Å². The van der Waals surface area contributed by atoms with Gasteiger partial charge in [-0.05, 0) is 24.3 Å². The van der Waals surface area contributed by atoms with E-state index in [4.69, 9.17) is 0 Å². The molecule has 0 fully saturated rings. The molecule has 0 aliphatic rings. The minimum atomic E-state index is -0.424. The predicted octanol–water partition coefficient (Wildman–Crippen LogP) is 0.316. The van der Waals surface area contributed by atoms with Crippen LogP contribution in [0.3, 0.4) is 0 Å². The zero-order chi connectivity index (χ0) is 11.3. The number of amides is 2. The monoisotopic (exact) mass is 209 g/mol. The maximum Gasteiger partial charge on any atom is 0.260 e. The van der Waals surface area contributed by atoms with Crippen LogP contribution in [0.25, 0.3) is 0 Å². The molecule has 1 aromatic carbocycles. The Morgan fingerprint density at radius 2 is 1.93 bits per heavy atom. The van der Waals surface area contributed by atoms with Crippen molar-refractivity contribution in [1.29, 1.82) is 0 Å². The van der Waals surface area contributed by atoms with Crippen LogP contribution in [-0.2, 0) is 4.79 Å². The zero-order valence-electron chi connectivity index (χ0n) is 8.16. The minimum Gasteiger partial charge on any atom is -0.343 e. The van der Waals surface area contributed by atoms with Gasteiger partial charge in [-0.1, -0.05) is 0 Å². The molecule has 0 heterocycles. The van der Waals surface area contributed by atoms with Gasteiger partial charge in [-0.2, -0.15) is 0 Å². The lowest BCUT2D eigenvalue weighted by Gasteiger charge is -2.02. The molecule has 0 aliphatic heterocycles. The second-order valence-corrected chi connectivity index (χ2v) is 2.81. The number of benzene rings is 1. The van der Waals surface area contributed by atoms with Crippen molar-refractivity contribution in [3.8, 4) is 0 Å². The Bertz CT molecular complexity index is 362. The number of nitrogens with one attached hydrogen (secondary N) is 1. The lowest BCUT2D eigenvalue weighted by Crippen LogP contribution is -2.32. The van der Waals surface area contributed by atoms with Gasteiger partial charge in [0.15, 0.2) is 0 Å². The van der Waals surface area contributed by atoms with Gasteiger partial charge in [0.1, 0.15) is 5.82 Å². The van der Waals surface area contributed by atoms with Gasteiger partial charge in [-0.3, -0.25) is 14.9 Å². The summed E-state index contributed by atoms with van der Waals surface area (Å²) in [4.78, 5) is 22.1. The van der Waals surface area contributed by atoms with E-state index >= 15 is 0 Å². The smallest absolute Gasteiger partial charge is 0.260 e. The first-order chi connectivity index (χ1) is 7.13. The third-order valence-corrected chi connectivity index (χ3v) is 1.76. The van der Waals surface area contributed by atoms with Crippen molar-refractivity contribution in [1.82, 2.24) is 10.6 Å². The van der Waals surface area contributed by atoms with E-state index in [0.29, 0.717) is 5.56 Å². The van der Waals surface area contributed by atoms with Crippen molar-refractivity contribution >= 4 is 11.8 Å². The van der Waals surface area contributed by atoms with E-state index < -0.39 is 17.6 Å². The summed E-state index contributed by atoms with van der Waals surface area (Å²) in [7, 11) is 1.35. The summed E-state index contributed by atoms with van der Waals surface area (Å²) in [6.45, 7) is -0.146. The van der Waals surface area contributed by atoms with Gasteiger partial charge in [0.05, 0.1) is 6.54 Å². The fourth-order valence-corrected chi connectivity index (χ4v) is 0.938. The summed E-state index contributed by atoms with van der Waals surface area (Å²) < 4.78 is 12.5. The normalized spacial score (nSPS) is 9.47. The highest BCUT2D eigenvalue weighted by Crippen LogP contribution is 2.01. The number of hydrogen-bond donors (Lipinski definition) is 1. The maximum absolute atomic E-state index is 12.5. The largest absolute Gasteiger partial charge is 0.343 e. The standard InChI is InChI=1S/C10H10FN2O2/c1-12-9(14)6-13-10(15)7-2-4-8(11)5-3-7/h2-5H,6H2,1H3,(H,13,15). The molecule has 5 heteroatoms. The molecule has 0 aliphatic carbocycles. The number of hydrogen-bond acceptors (Lipinski definition) is 2. The van der Waals surface area contributed by atoms with Crippen LogP contribution in [-0.4, -0.2) is 25.4 Å². The van der Waals surface area contributed by atoms with Gasteiger partial charge < -0.3 is 5.32 Å². The van der Waals surface area contributed by atoms with Crippen molar-refractivity contribution in [2.24, 2.45) is 0 Å². The topological polar surface area (TPSA) is 60.3 Å². The first-order valence-electron chi connectivity index (χ1n) is 4.30. The highest BCUT2D eigenvalue weighted by molar-refractivity contribution is 5.96. The highest BCUT2D eigenvalue weighted by atomic mass is 19.1. The Morgan fingerprint density at radius 3 is 2.47 bits per heavy atom. The van der Waals surface area contributed by atoms with Crippen molar-refractivity contribution in [3.63, 3.8) is 0 Å². The minimum absolute atomic E-state index is 0.146. The predicted molar refractivity (Wildman–Crippen MR) is 51.8 cm³/mol. The molecule has 1 N–H and O–H groups in total. The van der Waals surface area contributed by atoms with Crippen LogP contribution < -0.4 is 10.6 Å². The van der Waals surface area contributed by atoms with Crippen molar-refractivity contribution in [2.45, 2.75) is 0 Å². The summed E-state index contributed by atoms with van der Waals surface area (Å²) in [5.74, 6) is -1.25. The van der Waals surface area contributed by atoms with Crippen LogP contribution in [0.15, 0.2) is 24.3 Å². The van der Waals surface area contributed by atoms with Crippen molar-refractivity contribution in [2.75, 3.05) is 13.6 Å². The van der Waals surface area contributed by atoms with E-state index in [2.05, 4.69) is 10.6 Å². The summed E-state index contributed by atoms with van der Waals surface area (Å²) in [5, 5.41) is 5.72. The van der Waals surface area contributed by atoms with Crippen LogP contribution in [0.2, 0.25) is 0 Å². The molecule has 1 radical (unpaired) electrons. The van der Waals surface area contributed by atoms with E-state index in [-0.39, 0.29) is 6.54 Å². The lowest BCUT2D eigenvalue weighted by molar-refractivity contribution is -0.119. The molecule has 0 atom stereocenters. The van der Waals surface area contributed by atoms with Gasteiger partial charge in [0.2, 0.25) is 0 Å². The number of carbonyl (C=O) groups excluding carboxylic acids is 2. The summed E-state index contributed by atoms with van der Waals surface area (Å²) in [6, 6.07) is 5.05. The van der Waals surface area contributed by atoms with Crippen LogP contribution >= 0.6 is 0 Å². The molecule has 1 aromatic rings. The fraction of sp³-hybridized carbons (Fsp3) is 0.200. The second kappa shape index (κ2) is 5.09. The van der Waals surface area contributed by atoms with Crippen LogP contribution in [0, 0.1) is 5.82 Å². The molecule has 15 heavy (non-hydrogen) atoms. The van der Waals surface area contributed by atoms with E-state index in [1.807, 2.05) is 0 Å². The molecule has 0 saturated heterocycles. The molecule has 0 bridgehead atoms. The highest BCUT2D eigenvalue weighted by Gasteiger charge is 2.06. The van der Waals surface area contributed by atoms with E-state index in [0.717, 1.165) is 0 Å². The number of rotatable bonds is 3. The van der Waals surface area contributed by atoms with Gasteiger partial charge >= 0.3 is 0 Å². The number of halogens is 1. The molecule has 0 aromatic heterocycles. The molecule has 4 nitrogen and oxygen atoms in total. The summed E-state index contributed by atoms with van der Waals surface area (Å²) >= 11 is 0. The Balaban J connectivity index is 2.54. The Kier molecular flexibility index (Phi) is 3.79. The third-order valence-electron chi connectivity index (χ3n) is 1.76. The fourth-order valence-electron chi connectivity index (χ4n) is 0.938. The second-order valence-electron chi connectivity index (χ2n) is 2.81. The van der Waals surface area contributed by atoms with Crippen molar-refractivity contribution in [3.05, 3.63) is 35.6 Å². The van der Waals surface area contributed by atoms with Crippen LogP contribution in [0.4, 0.5) is 4.39 Å². The lowest BCUT2D eigenvalue weighted by atomic mass is 10.2. The molecule has 0 spiro atoms. The average molecular weight is 209 g/mol. The molecular formula is C10H10FN2O2. The van der Waals surface area contributed by atoms with Gasteiger partial charge in [-0.15, -0.1) is 0 Å². The molecular weight excluding hydrogens is 199 g/mol. The average Bonchev–Trinajstić information content (AvgIpc) is 2.26. The zero-order valence-corrected chi connectivity index (χ0v) is 8.16. The third kappa shape index (κ3) is 3.38. The van der Waals surface area contributed by atoms with Crippen LogP contribution in [0.1, 0.15) is 10.4 Å². The SMILES string of the molecule is C[N]C(=O)CNC(=O)c1ccc(F)cc1. The molecule has 0 unspecified atom stereocenters. The quantitative estimate of drug-likeness (QED) is 0.779. The Morgan fingerprint density at radius 1 is 1.33 bits per heavy atom. The van der Waals surface area contributed by atoms with Crippen LogP contribution in [0.5, 0.6) is 0 Å². The van der Waals surface area contributed by atoms with E-state index in [9.17, 15) is 14.0 Å². The number of nitrogens with zero attached hydrogens (tertiary/aromatic N) is 1. The van der Waals surface area contributed by atoms with Gasteiger partial charge in [-0.25, -0.2) is 4.39 Å². The summed E-state index contributed by atoms with van der Waals surface area (Å²) in [5.41, 5.74) is 0.306. The van der Waals surface area contributed by atoms with E-state index in [1.54, 1.807) is 0 Å². The Labute approximate surface area is 86.5 Å². The van der Waals surface area contributed by atoms with Gasteiger partial charge in [0.25, 0.3) is 11.8 Å². The van der Waals surface area contributed by atoms with Gasteiger partial charge in [0, 0.05) is 12.6 Å². The number of likely N-dealkylation sites (N-methyl/N-ethyl adjacent to an activating group) is 1. The maximum atomic E-state index is 12.5. The molecule has 0 saturated carbocycles. The molecule has 79 valence electrons. The molecule has 2 amide bonds. The summed E-state index contributed by atoms with van der Waals surface area (Å²) in [6.07, 6.45) is 0.